The molecule has 0 aliphatic rings. The molecule has 0 unspecified atom stereocenters. The minimum Gasteiger partial charge on any atom is -0.354 e. The third-order valence-electron chi connectivity index (χ3n) is 3.12. The zero-order chi connectivity index (χ0) is 16.2. The van der Waals surface area contributed by atoms with E-state index in [0.717, 1.165) is 5.56 Å². The number of hydrogen-bond donors (Lipinski definition) is 2. The zero-order valence-corrected chi connectivity index (χ0v) is 12.4. The molecule has 0 bridgehead atoms. The largest absolute Gasteiger partial charge is 0.354 e. The normalized spacial score (nSPS) is 10.5. The van der Waals surface area contributed by atoms with Gasteiger partial charge in [0.2, 0.25) is 0 Å². The highest BCUT2D eigenvalue weighted by Gasteiger charge is 2.11. The van der Waals surface area contributed by atoms with Crippen LogP contribution in [0.2, 0.25) is 0 Å². The quantitative estimate of drug-likeness (QED) is 0.763. The number of benzene rings is 1. The van der Waals surface area contributed by atoms with Gasteiger partial charge in [-0.05, 0) is 19.1 Å². The summed E-state index contributed by atoms with van der Waals surface area (Å²) in [6, 6.07) is 12.0. The van der Waals surface area contributed by atoms with Gasteiger partial charge in [0, 0.05) is 23.4 Å². The maximum atomic E-state index is 12.0. The average Bonchev–Trinajstić information content (AvgIpc) is 3.01. The monoisotopic (exact) mass is 310 g/mol. The van der Waals surface area contributed by atoms with Crippen molar-refractivity contribution < 1.29 is 9.32 Å². The molecule has 0 fully saturated rings. The number of amides is 1. The molecule has 2 N–H and O–H groups in total. The summed E-state index contributed by atoms with van der Waals surface area (Å²) in [5.74, 6) is 0.336. The minimum absolute atomic E-state index is 0.102. The summed E-state index contributed by atoms with van der Waals surface area (Å²) in [6.07, 6.45) is 0. The molecular weight excluding hydrogens is 296 g/mol. The molecule has 0 aliphatic carbocycles. The molecule has 3 rings (SSSR count). The number of aromatic nitrogens is 3. The van der Waals surface area contributed by atoms with Crippen molar-refractivity contribution in [2.24, 2.45) is 0 Å². The molecule has 0 radical (unpaired) electrons. The van der Waals surface area contributed by atoms with E-state index in [0.29, 0.717) is 17.4 Å². The van der Waals surface area contributed by atoms with E-state index in [2.05, 4.69) is 20.4 Å². The minimum atomic E-state index is -0.406. The van der Waals surface area contributed by atoms with Crippen LogP contribution in [-0.2, 0) is 6.54 Å². The Morgan fingerprint density at radius 3 is 2.78 bits per heavy atom. The number of pyridine rings is 1. The molecule has 2 heterocycles. The molecule has 2 aromatic heterocycles. The number of rotatable bonds is 4. The highest BCUT2D eigenvalue weighted by atomic mass is 16.5. The molecule has 0 aliphatic heterocycles. The maximum Gasteiger partial charge on any atom is 0.268 e. The fourth-order valence-electron chi connectivity index (χ4n) is 2.08. The van der Waals surface area contributed by atoms with Gasteiger partial charge < -0.3 is 14.8 Å². The van der Waals surface area contributed by atoms with Crippen LogP contribution in [0.1, 0.15) is 22.0 Å². The summed E-state index contributed by atoms with van der Waals surface area (Å²) in [4.78, 5) is 30.5. The van der Waals surface area contributed by atoms with Crippen molar-refractivity contribution >= 4 is 5.91 Å². The molecule has 23 heavy (non-hydrogen) atoms. The van der Waals surface area contributed by atoms with Crippen LogP contribution in [0.4, 0.5) is 0 Å². The average molecular weight is 310 g/mol. The molecule has 0 atom stereocenters. The molecule has 1 aromatic carbocycles. The summed E-state index contributed by atoms with van der Waals surface area (Å²) in [5.41, 5.74) is 1.40. The molecule has 0 spiro atoms. The van der Waals surface area contributed by atoms with Gasteiger partial charge in [-0.1, -0.05) is 23.4 Å². The summed E-state index contributed by atoms with van der Waals surface area (Å²) < 4.78 is 5.16. The van der Waals surface area contributed by atoms with Crippen molar-refractivity contribution in [1.29, 1.82) is 0 Å². The number of hydrogen-bond acceptors (Lipinski definition) is 5. The predicted molar refractivity (Wildman–Crippen MR) is 82.7 cm³/mol. The van der Waals surface area contributed by atoms with Gasteiger partial charge in [0.25, 0.3) is 11.8 Å². The number of carbonyl (C=O) groups excluding carboxylic acids is 1. The Labute approximate surface area is 131 Å². The summed E-state index contributed by atoms with van der Waals surface area (Å²) in [6.45, 7) is 1.81. The third-order valence-corrected chi connectivity index (χ3v) is 3.12. The zero-order valence-electron chi connectivity index (χ0n) is 12.4. The first-order chi connectivity index (χ1) is 11.1. The number of carbonyl (C=O) groups is 1. The van der Waals surface area contributed by atoms with E-state index in [4.69, 9.17) is 4.52 Å². The van der Waals surface area contributed by atoms with Crippen molar-refractivity contribution in [1.82, 2.24) is 20.4 Å². The second-order valence-corrected chi connectivity index (χ2v) is 4.98. The first-order valence-corrected chi connectivity index (χ1v) is 6.99. The Morgan fingerprint density at radius 1 is 1.26 bits per heavy atom. The van der Waals surface area contributed by atoms with E-state index >= 15 is 0 Å². The van der Waals surface area contributed by atoms with Gasteiger partial charge in [-0.25, -0.2) is 0 Å². The second kappa shape index (κ2) is 6.27. The second-order valence-electron chi connectivity index (χ2n) is 4.98. The van der Waals surface area contributed by atoms with E-state index in [1.807, 2.05) is 30.3 Å². The number of nitrogens with one attached hydrogen (secondary N) is 2. The SMILES string of the molecule is Cc1cc(=O)cc(C(=O)NCc2noc(-c3ccccc3)n2)[nH]1. The predicted octanol–water partition coefficient (Wildman–Crippen LogP) is 1.66. The van der Waals surface area contributed by atoms with Crippen LogP contribution in [-0.4, -0.2) is 21.0 Å². The van der Waals surface area contributed by atoms with E-state index in [1.165, 1.54) is 12.1 Å². The van der Waals surface area contributed by atoms with E-state index < -0.39 is 5.91 Å². The van der Waals surface area contributed by atoms with Gasteiger partial charge in [-0.3, -0.25) is 9.59 Å². The lowest BCUT2D eigenvalue weighted by atomic mass is 10.2. The van der Waals surface area contributed by atoms with Crippen LogP contribution in [0.5, 0.6) is 0 Å². The van der Waals surface area contributed by atoms with E-state index in [1.54, 1.807) is 6.92 Å². The van der Waals surface area contributed by atoms with Crippen LogP contribution in [0.3, 0.4) is 0 Å². The lowest BCUT2D eigenvalue weighted by Crippen LogP contribution is -2.25. The molecule has 7 heteroatoms. The van der Waals surface area contributed by atoms with Crippen molar-refractivity contribution in [3.8, 4) is 11.5 Å². The van der Waals surface area contributed by atoms with Crippen molar-refractivity contribution in [3.63, 3.8) is 0 Å². The molecule has 0 saturated heterocycles. The Morgan fingerprint density at radius 2 is 2.04 bits per heavy atom. The lowest BCUT2D eigenvalue weighted by molar-refractivity contribution is 0.0944. The first-order valence-electron chi connectivity index (χ1n) is 6.99. The van der Waals surface area contributed by atoms with Gasteiger partial charge in [0.05, 0.1) is 6.54 Å². The highest BCUT2D eigenvalue weighted by Crippen LogP contribution is 2.15. The van der Waals surface area contributed by atoms with E-state index in [-0.39, 0.29) is 17.7 Å². The van der Waals surface area contributed by atoms with E-state index in [9.17, 15) is 9.59 Å². The highest BCUT2D eigenvalue weighted by molar-refractivity contribution is 5.92. The number of aryl methyl sites for hydroxylation is 1. The molecule has 7 nitrogen and oxygen atoms in total. The Hall–Kier alpha value is -3.22. The topological polar surface area (TPSA) is 101 Å². The lowest BCUT2D eigenvalue weighted by Gasteiger charge is -2.03. The summed E-state index contributed by atoms with van der Waals surface area (Å²) >= 11 is 0. The Balaban J connectivity index is 1.68. The summed E-state index contributed by atoms with van der Waals surface area (Å²) in [7, 11) is 0. The standard InChI is InChI=1S/C16H14N4O3/c1-10-7-12(21)8-13(18-10)15(22)17-9-14-19-16(23-20-14)11-5-3-2-4-6-11/h2-8H,9H2,1H3,(H,17,22)(H,18,21). The smallest absolute Gasteiger partial charge is 0.268 e. The molecule has 116 valence electrons. The summed E-state index contributed by atoms with van der Waals surface area (Å²) in [5, 5.41) is 6.46. The number of nitrogens with zero attached hydrogens (tertiary/aromatic N) is 2. The van der Waals surface area contributed by atoms with Crippen LogP contribution in [0.15, 0.2) is 51.8 Å². The van der Waals surface area contributed by atoms with Crippen LogP contribution >= 0.6 is 0 Å². The van der Waals surface area contributed by atoms with Crippen LogP contribution < -0.4 is 10.7 Å². The van der Waals surface area contributed by atoms with Crippen molar-refractivity contribution in [3.05, 3.63) is 69.9 Å². The molecule has 3 aromatic rings. The number of H-pyrrole nitrogens is 1. The fraction of sp³-hybridized carbons (Fsp3) is 0.125. The van der Waals surface area contributed by atoms with Crippen molar-refractivity contribution in [2.75, 3.05) is 0 Å². The van der Waals surface area contributed by atoms with Gasteiger partial charge in [-0.2, -0.15) is 4.98 Å². The molecule has 1 amide bonds. The third kappa shape index (κ3) is 3.52. The Kier molecular flexibility index (Phi) is 4.01. The van der Waals surface area contributed by atoms with Crippen LogP contribution in [0.25, 0.3) is 11.5 Å². The van der Waals surface area contributed by atoms with Gasteiger partial charge in [-0.15, -0.1) is 0 Å². The van der Waals surface area contributed by atoms with Crippen LogP contribution in [0, 0.1) is 6.92 Å². The molecule has 0 saturated carbocycles. The maximum absolute atomic E-state index is 12.0. The van der Waals surface area contributed by atoms with Gasteiger partial charge in [0.1, 0.15) is 5.69 Å². The molecular formula is C16H14N4O3. The number of aromatic amines is 1. The first kappa shape index (κ1) is 14.7. The van der Waals surface area contributed by atoms with Gasteiger partial charge in [0.15, 0.2) is 11.3 Å². The Bertz CT molecular complexity index is 884. The fourth-order valence-corrected chi connectivity index (χ4v) is 2.08. The van der Waals surface area contributed by atoms with Gasteiger partial charge >= 0.3 is 0 Å². The van der Waals surface area contributed by atoms with Crippen molar-refractivity contribution in [2.45, 2.75) is 13.5 Å².